The Labute approximate surface area is 114 Å². The molecule has 19 heavy (non-hydrogen) atoms. The van der Waals surface area contributed by atoms with Crippen LogP contribution in [0, 0.1) is 0 Å². The molecule has 106 valence electrons. The molecule has 1 aliphatic rings. The Hall–Kier alpha value is -1.43. The van der Waals surface area contributed by atoms with E-state index in [9.17, 15) is 4.79 Å². The fourth-order valence-electron chi connectivity index (χ4n) is 2.31. The van der Waals surface area contributed by atoms with Gasteiger partial charge < -0.3 is 10.2 Å². The maximum absolute atomic E-state index is 12.2. The van der Waals surface area contributed by atoms with Crippen molar-refractivity contribution in [3.05, 3.63) is 11.9 Å². The number of nitrogens with one attached hydrogen (secondary N) is 1. The summed E-state index contributed by atoms with van der Waals surface area (Å²) in [5.41, 5.74) is 0.880. The zero-order chi connectivity index (χ0) is 13.5. The van der Waals surface area contributed by atoms with Crippen LogP contribution in [0.3, 0.4) is 0 Å². The highest BCUT2D eigenvalue weighted by molar-refractivity contribution is 5.75. The molecule has 0 spiro atoms. The van der Waals surface area contributed by atoms with Crippen molar-refractivity contribution in [3.8, 4) is 0 Å². The largest absolute Gasteiger partial charge is 0.341 e. The molecule has 1 aliphatic heterocycles. The molecular weight excluding hydrogens is 242 g/mol. The van der Waals surface area contributed by atoms with E-state index in [-0.39, 0.29) is 5.91 Å². The van der Waals surface area contributed by atoms with Gasteiger partial charge in [0.05, 0.1) is 11.9 Å². The highest BCUT2D eigenvalue weighted by Crippen LogP contribution is 2.10. The summed E-state index contributed by atoms with van der Waals surface area (Å²) in [6, 6.07) is 0. The van der Waals surface area contributed by atoms with E-state index in [0.29, 0.717) is 13.1 Å². The molecule has 1 fully saturated rings. The van der Waals surface area contributed by atoms with Crippen LogP contribution in [-0.4, -0.2) is 45.4 Å². The van der Waals surface area contributed by atoms with Crippen LogP contribution < -0.4 is 5.32 Å². The van der Waals surface area contributed by atoms with Crippen molar-refractivity contribution >= 4 is 5.91 Å². The Bertz CT molecular complexity index is 395. The third kappa shape index (κ3) is 4.31. The van der Waals surface area contributed by atoms with E-state index in [0.717, 1.165) is 38.2 Å². The summed E-state index contributed by atoms with van der Waals surface area (Å²) in [4.78, 5) is 14.1. The van der Waals surface area contributed by atoms with Gasteiger partial charge in [0.15, 0.2) is 0 Å². The lowest BCUT2D eigenvalue weighted by atomic mass is 10.2. The van der Waals surface area contributed by atoms with Crippen LogP contribution >= 0.6 is 0 Å². The lowest BCUT2D eigenvalue weighted by molar-refractivity contribution is -0.132. The third-order valence-electron chi connectivity index (χ3n) is 3.40. The molecule has 0 aliphatic carbocycles. The molecule has 2 heterocycles. The monoisotopic (exact) mass is 265 g/mol. The van der Waals surface area contributed by atoms with Gasteiger partial charge in [0.2, 0.25) is 5.91 Å². The number of likely N-dealkylation sites (tertiary alicyclic amines) is 1. The number of amides is 1. The molecule has 6 heteroatoms. The molecule has 0 unspecified atom stereocenters. The second-order valence-electron chi connectivity index (χ2n) is 4.98. The number of carbonyl (C=O) groups is 1. The number of nitrogens with zero attached hydrogens (tertiary/aromatic N) is 4. The average Bonchev–Trinajstić information content (AvgIpc) is 2.68. The van der Waals surface area contributed by atoms with Gasteiger partial charge in [0.1, 0.15) is 6.54 Å². The van der Waals surface area contributed by atoms with E-state index >= 15 is 0 Å². The van der Waals surface area contributed by atoms with Crippen molar-refractivity contribution in [1.29, 1.82) is 0 Å². The van der Waals surface area contributed by atoms with Gasteiger partial charge in [0, 0.05) is 19.6 Å². The van der Waals surface area contributed by atoms with E-state index in [4.69, 9.17) is 0 Å². The number of rotatable bonds is 5. The summed E-state index contributed by atoms with van der Waals surface area (Å²) in [5.74, 6) is 0.154. The van der Waals surface area contributed by atoms with Crippen LogP contribution in [-0.2, 0) is 17.9 Å². The summed E-state index contributed by atoms with van der Waals surface area (Å²) in [5, 5.41) is 11.2. The summed E-state index contributed by atoms with van der Waals surface area (Å²) >= 11 is 0. The van der Waals surface area contributed by atoms with Gasteiger partial charge in [-0.25, -0.2) is 4.68 Å². The fraction of sp³-hybridized carbons (Fsp3) is 0.769. The fourth-order valence-corrected chi connectivity index (χ4v) is 2.31. The summed E-state index contributed by atoms with van der Waals surface area (Å²) in [7, 11) is 0. The molecule has 1 N–H and O–H groups in total. The van der Waals surface area contributed by atoms with Crippen LogP contribution in [0.4, 0.5) is 0 Å². The first-order valence-corrected chi connectivity index (χ1v) is 7.17. The molecule has 6 nitrogen and oxygen atoms in total. The second-order valence-corrected chi connectivity index (χ2v) is 4.98. The van der Waals surface area contributed by atoms with E-state index in [1.54, 1.807) is 4.68 Å². The Balaban J connectivity index is 1.85. The molecule has 0 radical (unpaired) electrons. The lowest BCUT2D eigenvalue weighted by Gasteiger charge is -2.19. The van der Waals surface area contributed by atoms with Crippen molar-refractivity contribution in [2.75, 3.05) is 19.6 Å². The molecule has 1 amide bonds. The minimum Gasteiger partial charge on any atom is -0.341 e. The summed E-state index contributed by atoms with van der Waals surface area (Å²) in [6.45, 7) is 5.73. The maximum atomic E-state index is 12.2. The van der Waals surface area contributed by atoms with Crippen molar-refractivity contribution in [2.45, 2.75) is 45.7 Å². The Morgan fingerprint density at radius 3 is 2.74 bits per heavy atom. The summed E-state index contributed by atoms with van der Waals surface area (Å²) in [6.07, 6.45) is 6.56. The predicted molar refractivity (Wildman–Crippen MR) is 72.5 cm³/mol. The molecule has 2 rings (SSSR count). The molecule has 0 aromatic carbocycles. The Morgan fingerprint density at radius 1 is 1.32 bits per heavy atom. The Kier molecular flexibility index (Phi) is 5.32. The molecular formula is C13H23N5O. The van der Waals surface area contributed by atoms with Crippen LogP contribution in [0.5, 0.6) is 0 Å². The van der Waals surface area contributed by atoms with Crippen molar-refractivity contribution in [1.82, 2.24) is 25.2 Å². The van der Waals surface area contributed by atoms with Crippen molar-refractivity contribution in [2.24, 2.45) is 0 Å². The van der Waals surface area contributed by atoms with E-state index in [1.165, 1.54) is 12.8 Å². The van der Waals surface area contributed by atoms with Gasteiger partial charge in [-0.15, -0.1) is 5.10 Å². The van der Waals surface area contributed by atoms with E-state index in [2.05, 4.69) is 15.6 Å². The average molecular weight is 265 g/mol. The second kappa shape index (κ2) is 7.23. The molecule has 0 atom stereocenters. The minimum atomic E-state index is 0.154. The van der Waals surface area contributed by atoms with Gasteiger partial charge in [-0.2, -0.15) is 0 Å². The normalized spacial score (nSPS) is 16.4. The highest BCUT2D eigenvalue weighted by Gasteiger charge is 2.16. The first kappa shape index (κ1) is 14.0. The van der Waals surface area contributed by atoms with Gasteiger partial charge in [-0.1, -0.05) is 25.0 Å². The number of hydrogen-bond donors (Lipinski definition) is 1. The van der Waals surface area contributed by atoms with Gasteiger partial charge in [0.25, 0.3) is 0 Å². The SMILES string of the molecule is CCNCc1cn(CC(=O)N2CCCCCC2)nn1. The highest BCUT2D eigenvalue weighted by atomic mass is 16.2. The third-order valence-corrected chi connectivity index (χ3v) is 3.40. The topological polar surface area (TPSA) is 63.1 Å². The molecule has 0 bridgehead atoms. The number of aromatic nitrogens is 3. The first-order valence-electron chi connectivity index (χ1n) is 7.17. The van der Waals surface area contributed by atoms with Crippen molar-refractivity contribution < 1.29 is 4.79 Å². The molecule has 0 saturated carbocycles. The standard InChI is InChI=1S/C13H23N5O/c1-2-14-9-12-10-18(16-15-12)11-13(19)17-7-5-3-4-6-8-17/h10,14H,2-9,11H2,1H3. The summed E-state index contributed by atoms with van der Waals surface area (Å²) < 4.78 is 1.64. The van der Waals surface area contributed by atoms with Gasteiger partial charge >= 0.3 is 0 Å². The molecule has 1 saturated heterocycles. The van der Waals surface area contributed by atoms with Crippen LogP contribution in [0.25, 0.3) is 0 Å². The van der Waals surface area contributed by atoms with E-state index < -0.39 is 0 Å². The quantitative estimate of drug-likeness (QED) is 0.855. The molecule has 1 aromatic rings. The van der Waals surface area contributed by atoms with E-state index in [1.807, 2.05) is 18.0 Å². The van der Waals surface area contributed by atoms with Crippen LogP contribution in [0.1, 0.15) is 38.3 Å². The maximum Gasteiger partial charge on any atom is 0.244 e. The van der Waals surface area contributed by atoms with Gasteiger partial charge in [-0.3, -0.25) is 4.79 Å². The smallest absolute Gasteiger partial charge is 0.244 e. The zero-order valence-electron chi connectivity index (χ0n) is 11.6. The first-order chi connectivity index (χ1) is 9.29. The Morgan fingerprint density at radius 2 is 2.05 bits per heavy atom. The number of hydrogen-bond acceptors (Lipinski definition) is 4. The number of carbonyl (C=O) groups excluding carboxylic acids is 1. The predicted octanol–water partition coefficient (Wildman–Crippen LogP) is 0.790. The van der Waals surface area contributed by atoms with Crippen LogP contribution in [0.15, 0.2) is 6.20 Å². The lowest BCUT2D eigenvalue weighted by Crippen LogP contribution is -2.34. The molecule has 1 aromatic heterocycles. The van der Waals surface area contributed by atoms with Gasteiger partial charge in [-0.05, 0) is 19.4 Å². The van der Waals surface area contributed by atoms with Crippen molar-refractivity contribution in [3.63, 3.8) is 0 Å². The minimum absolute atomic E-state index is 0.154. The zero-order valence-corrected chi connectivity index (χ0v) is 11.6. The van der Waals surface area contributed by atoms with Crippen LogP contribution in [0.2, 0.25) is 0 Å².